The molecule has 2 N–H and O–H groups in total. The molecule has 0 aliphatic carbocycles. The van der Waals surface area contributed by atoms with Crippen LogP contribution in [0, 0.1) is 5.82 Å². The molecule has 0 amide bonds. The average molecular weight is 269 g/mol. The maximum absolute atomic E-state index is 13.7. The van der Waals surface area contributed by atoms with Crippen LogP contribution in [0.3, 0.4) is 0 Å². The molecular formula is C15H12FN3O. The van der Waals surface area contributed by atoms with Gasteiger partial charge in [-0.2, -0.15) is 4.98 Å². The first-order chi connectivity index (χ1) is 9.78. The average Bonchev–Trinajstić information content (AvgIpc) is 2.97. The number of benzene rings is 2. The highest BCUT2D eigenvalue weighted by molar-refractivity contribution is 5.60. The van der Waals surface area contributed by atoms with Crippen LogP contribution in [0.25, 0.3) is 22.8 Å². The number of halogens is 1. The Labute approximate surface area is 115 Å². The molecule has 20 heavy (non-hydrogen) atoms. The molecule has 1 aromatic heterocycles. The monoisotopic (exact) mass is 269 g/mol. The highest BCUT2D eigenvalue weighted by atomic mass is 19.1. The molecule has 0 fully saturated rings. The molecule has 0 atom stereocenters. The minimum atomic E-state index is -0.377. The summed E-state index contributed by atoms with van der Waals surface area (Å²) >= 11 is 0. The highest BCUT2D eigenvalue weighted by Crippen LogP contribution is 2.24. The molecule has 0 saturated heterocycles. The van der Waals surface area contributed by atoms with Crippen LogP contribution in [-0.2, 0) is 6.54 Å². The second kappa shape index (κ2) is 5.22. The molecule has 0 radical (unpaired) electrons. The van der Waals surface area contributed by atoms with Crippen molar-refractivity contribution >= 4 is 0 Å². The first-order valence-corrected chi connectivity index (χ1v) is 6.16. The van der Waals surface area contributed by atoms with Gasteiger partial charge in [0.2, 0.25) is 5.82 Å². The van der Waals surface area contributed by atoms with Crippen molar-refractivity contribution in [3.05, 3.63) is 59.9 Å². The maximum Gasteiger partial charge on any atom is 0.258 e. The van der Waals surface area contributed by atoms with E-state index in [1.807, 2.05) is 24.3 Å². The van der Waals surface area contributed by atoms with Crippen LogP contribution in [0.2, 0.25) is 0 Å². The van der Waals surface area contributed by atoms with Crippen molar-refractivity contribution in [2.24, 2.45) is 5.73 Å². The Hall–Kier alpha value is -2.53. The number of aromatic nitrogens is 2. The predicted octanol–water partition coefficient (Wildman–Crippen LogP) is 3.00. The summed E-state index contributed by atoms with van der Waals surface area (Å²) in [5, 5.41) is 3.82. The lowest BCUT2D eigenvalue weighted by Gasteiger charge is -1.97. The van der Waals surface area contributed by atoms with E-state index >= 15 is 0 Å². The lowest BCUT2D eigenvalue weighted by molar-refractivity contribution is 0.432. The van der Waals surface area contributed by atoms with Gasteiger partial charge >= 0.3 is 0 Å². The topological polar surface area (TPSA) is 64.9 Å². The molecule has 0 unspecified atom stereocenters. The fraction of sp³-hybridized carbons (Fsp3) is 0.0667. The molecule has 100 valence electrons. The minimum Gasteiger partial charge on any atom is -0.334 e. The number of nitrogens with zero attached hydrogens (tertiary/aromatic N) is 2. The SMILES string of the molecule is NCc1ccc(-c2nc(-c3ccccc3F)no2)cc1. The van der Waals surface area contributed by atoms with Crippen LogP contribution >= 0.6 is 0 Å². The largest absolute Gasteiger partial charge is 0.334 e. The quantitative estimate of drug-likeness (QED) is 0.793. The summed E-state index contributed by atoms with van der Waals surface area (Å²) in [5.74, 6) is 0.214. The minimum absolute atomic E-state index is 0.237. The third-order valence-electron chi connectivity index (χ3n) is 2.98. The molecule has 4 nitrogen and oxygen atoms in total. The number of hydrogen-bond donors (Lipinski definition) is 1. The summed E-state index contributed by atoms with van der Waals surface area (Å²) < 4.78 is 18.8. The second-order valence-electron chi connectivity index (χ2n) is 4.30. The molecule has 2 aromatic carbocycles. The fourth-order valence-corrected chi connectivity index (χ4v) is 1.88. The van der Waals surface area contributed by atoms with Crippen LogP contribution in [0.15, 0.2) is 53.1 Å². The van der Waals surface area contributed by atoms with Crippen molar-refractivity contribution in [2.45, 2.75) is 6.54 Å². The van der Waals surface area contributed by atoms with Crippen LogP contribution < -0.4 is 5.73 Å². The van der Waals surface area contributed by atoms with Crippen molar-refractivity contribution in [1.29, 1.82) is 0 Å². The third kappa shape index (κ3) is 2.31. The van der Waals surface area contributed by atoms with Crippen molar-refractivity contribution in [2.75, 3.05) is 0 Å². The molecule has 0 spiro atoms. The highest BCUT2D eigenvalue weighted by Gasteiger charge is 2.13. The van der Waals surface area contributed by atoms with E-state index in [2.05, 4.69) is 10.1 Å². The van der Waals surface area contributed by atoms with Gasteiger partial charge in [-0.3, -0.25) is 0 Å². The summed E-state index contributed by atoms with van der Waals surface area (Å²) in [7, 11) is 0. The van der Waals surface area contributed by atoms with Gasteiger partial charge in [0.1, 0.15) is 5.82 Å². The Morgan fingerprint density at radius 3 is 2.50 bits per heavy atom. The Bertz CT molecular complexity index is 722. The van der Waals surface area contributed by atoms with E-state index in [1.165, 1.54) is 6.07 Å². The molecule has 5 heteroatoms. The molecule has 1 heterocycles. The van der Waals surface area contributed by atoms with Gasteiger partial charge in [-0.1, -0.05) is 29.4 Å². The van der Waals surface area contributed by atoms with E-state index in [9.17, 15) is 4.39 Å². The normalized spacial score (nSPS) is 10.7. The fourth-order valence-electron chi connectivity index (χ4n) is 1.88. The van der Waals surface area contributed by atoms with Crippen molar-refractivity contribution in [3.8, 4) is 22.8 Å². The molecule has 0 aliphatic heterocycles. The third-order valence-corrected chi connectivity index (χ3v) is 2.98. The summed E-state index contributed by atoms with van der Waals surface area (Å²) in [6, 6.07) is 13.8. The molecule has 3 aromatic rings. The van der Waals surface area contributed by atoms with Crippen LogP contribution in [-0.4, -0.2) is 10.1 Å². The number of rotatable bonds is 3. The number of nitrogens with two attached hydrogens (primary N) is 1. The Morgan fingerprint density at radius 1 is 1.05 bits per heavy atom. The zero-order chi connectivity index (χ0) is 13.9. The summed E-state index contributed by atoms with van der Waals surface area (Å²) in [5.41, 5.74) is 7.65. The van der Waals surface area contributed by atoms with Gasteiger partial charge in [0, 0.05) is 12.1 Å². The van der Waals surface area contributed by atoms with Crippen LogP contribution in [0.1, 0.15) is 5.56 Å². The summed E-state index contributed by atoms with van der Waals surface area (Å²) in [6.45, 7) is 0.477. The summed E-state index contributed by atoms with van der Waals surface area (Å²) in [6.07, 6.45) is 0. The zero-order valence-electron chi connectivity index (χ0n) is 10.6. The summed E-state index contributed by atoms with van der Waals surface area (Å²) in [4.78, 5) is 4.22. The number of hydrogen-bond acceptors (Lipinski definition) is 4. The Morgan fingerprint density at radius 2 is 1.80 bits per heavy atom. The van der Waals surface area contributed by atoms with E-state index in [4.69, 9.17) is 10.3 Å². The van der Waals surface area contributed by atoms with E-state index in [0.717, 1.165) is 11.1 Å². The van der Waals surface area contributed by atoms with Crippen molar-refractivity contribution < 1.29 is 8.91 Å². The first-order valence-electron chi connectivity index (χ1n) is 6.16. The van der Waals surface area contributed by atoms with E-state index < -0.39 is 0 Å². The first kappa shape index (κ1) is 12.5. The van der Waals surface area contributed by atoms with Gasteiger partial charge in [-0.05, 0) is 29.8 Å². The molecule has 3 rings (SSSR count). The van der Waals surface area contributed by atoms with Gasteiger partial charge in [-0.15, -0.1) is 0 Å². The standard InChI is InChI=1S/C15H12FN3O/c16-13-4-2-1-3-12(13)14-18-15(20-19-14)11-7-5-10(9-17)6-8-11/h1-8H,9,17H2. The lowest BCUT2D eigenvalue weighted by atomic mass is 10.1. The van der Waals surface area contributed by atoms with E-state index in [0.29, 0.717) is 18.0 Å². The van der Waals surface area contributed by atoms with Gasteiger partial charge in [0.25, 0.3) is 5.89 Å². The van der Waals surface area contributed by atoms with E-state index in [1.54, 1.807) is 18.2 Å². The molecule has 0 bridgehead atoms. The van der Waals surface area contributed by atoms with Crippen LogP contribution in [0.4, 0.5) is 4.39 Å². The lowest BCUT2D eigenvalue weighted by Crippen LogP contribution is -1.95. The van der Waals surface area contributed by atoms with Gasteiger partial charge in [0.15, 0.2) is 0 Å². The molecule has 0 aliphatic rings. The molecule has 0 saturated carbocycles. The van der Waals surface area contributed by atoms with Crippen molar-refractivity contribution in [3.63, 3.8) is 0 Å². The van der Waals surface area contributed by atoms with Gasteiger partial charge in [-0.25, -0.2) is 4.39 Å². The van der Waals surface area contributed by atoms with Crippen molar-refractivity contribution in [1.82, 2.24) is 10.1 Å². The zero-order valence-corrected chi connectivity index (χ0v) is 10.6. The van der Waals surface area contributed by atoms with Gasteiger partial charge < -0.3 is 10.3 Å². The Kier molecular flexibility index (Phi) is 3.26. The molecular weight excluding hydrogens is 257 g/mol. The smallest absolute Gasteiger partial charge is 0.258 e. The Balaban J connectivity index is 1.95. The predicted molar refractivity (Wildman–Crippen MR) is 73.0 cm³/mol. The maximum atomic E-state index is 13.7. The van der Waals surface area contributed by atoms with Crippen LogP contribution in [0.5, 0.6) is 0 Å². The van der Waals surface area contributed by atoms with E-state index in [-0.39, 0.29) is 11.6 Å². The second-order valence-corrected chi connectivity index (χ2v) is 4.30. The van der Waals surface area contributed by atoms with Gasteiger partial charge in [0.05, 0.1) is 5.56 Å².